The lowest BCUT2D eigenvalue weighted by atomic mass is 10.0. The van der Waals surface area contributed by atoms with Crippen LogP contribution in [-0.4, -0.2) is 67.4 Å². The Labute approximate surface area is 202 Å². The smallest absolute Gasteiger partial charge is 0.328 e. The number of aromatic amines is 1. The monoisotopic (exact) mass is 482 g/mol. The van der Waals surface area contributed by atoms with E-state index in [0.717, 1.165) is 18.7 Å². The van der Waals surface area contributed by atoms with Crippen LogP contribution in [0.15, 0.2) is 52.1 Å². The number of nitrogens with zero attached hydrogens (tertiary/aromatic N) is 2. The number of rotatable bonds is 9. The molecule has 2 heterocycles. The molecule has 0 bridgehead atoms. The van der Waals surface area contributed by atoms with E-state index in [1.807, 2.05) is 18.2 Å². The maximum Gasteiger partial charge on any atom is 0.328 e. The lowest BCUT2D eigenvalue weighted by Gasteiger charge is -2.35. The third-order valence-corrected chi connectivity index (χ3v) is 6.24. The Morgan fingerprint density at radius 1 is 1.09 bits per heavy atom. The van der Waals surface area contributed by atoms with Gasteiger partial charge in [-0.25, -0.2) is 4.79 Å². The normalized spacial score (nSPS) is 15.0. The van der Waals surface area contributed by atoms with Crippen molar-refractivity contribution in [1.82, 2.24) is 19.8 Å². The molecule has 1 saturated heterocycles. The fourth-order valence-electron chi connectivity index (χ4n) is 4.38. The van der Waals surface area contributed by atoms with Crippen LogP contribution in [-0.2, 0) is 16.1 Å². The Morgan fingerprint density at radius 2 is 1.83 bits per heavy atom. The third-order valence-electron chi connectivity index (χ3n) is 6.24. The van der Waals surface area contributed by atoms with Crippen LogP contribution < -0.4 is 26.0 Å². The largest absolute Gasteiger partial charge is 0.493 e. The lowest BCUT2D eigenvalue weighted by Crippen LogP contribution is -2.44. The van der Waals surface area contributed by atoms with Gasteiger partial charge in [-0.1, -0.05) is 18.2 Å². The van der Waals surface area contributed by atoms with Crippen LogP contribution >= 0.6 is 0 Å². The van der Waals surface area contributed by atoms with E-state index in [1.54, 1.807) is 38.5 Å². The van der Waals surface area contributed by atoms with Crippen molar-refractivity contribution >= 4 is 16.8 Å². The molecule has 186 valence electrons. The summed E-state index contributed by atoms with van der Waals surface area (Å²) in [4.78, 5) is 41.8. The summed E-state index contributed by atoms with van der Waals surface area (Å²) in [6.07, 6.45) is 0.0949. The van der Waals surface area contributed by atoms with Crippen molar-refractivity contribution in [2.24, 2.45) is 0 Å². The highest BCUT2D eigenvalue weighted by Gasteiger charge is 2.24. The number of carbonyl (C=O) groups is 1. The van der Waals surface area contributed by atoms with Gasteiger partial charge in [0.25, 0.3) is 5.56 Å². The first kappa shape index (κ1) is 24.5. The number of fused-ring (bicyclic) bond motifs is 1. The van der Waals surface area contributed by atoms with Gasteiger partial charge in [-0.2, -0.15) is 0 Å². The van der Waals surface area contributed by atoms with Crippen LogP contribution in [0.4, 0.5) is 0 Å². The number of ether oxygens (including phenoxy) is 3. The maximum absolute atomic E-state index is 12.8. The zero-order valence-corrected chi connectivity index (χ0v) is 19.9. The molecule has 1 aliphatic rings. The molecular formula is C25H30N4O6. The maximum atomic E-state index is 12.8. The van der Waals surface area contributed by atoms with Crippen molar-refractivity contribution in [2.75, 3.05) is 47.1 Å². The van der Waals surface area contributed by atoms with Crippen LogP contribution in [0.3, 0.4) is 0 Å². The van der Waals surface area contributed by atoms with Crippen LogP contribution in [0.2, 0.25) is 0 Å². The van der Waals surface area contributed by atoms with Crippen molar-refractivity contribution in [3.8, 4) is 11.5 Å². The van der Waals surface area contributed by atoms with E-state index in [-0.39, 0.29) is 24.9 Å². The second-order valence-electron chi connectivity index (χ2n) is 8.26. The second-order valence-corrected chi connectivity index (χ2v) is 8.26. The van der Waals surface area contributed by atoms with Gasteiger partial charge >= 0.3 is 5.69 Å². The van der Waals surface area contributed by atoms with Crippen molar-refractivity contribution in [2.45, 2.75) is 19.0 Å². The Bertz CT molecular complexity index is 1300. The van der Waals surface area contributed by atoms with E-state index >= 15 is 0 Å². The minimum atomic E-state index is -0.530. The standard InChI is InChI=1S/C25H30N4O6/c1-33-21-8-7-17(15-22(21)34-2)20(28-11-13-35-14-12-28)16-26-23(30)9-10-29-19-6-4-3-5-18(19)24(31)27-25(29)32/h3-8,15,20H,9-14,16H2,1-2H3,(H,26,30)(H,27,31,32)/t20-/m0/s1. The Morgan fingerprint density at radius 3 is 2.57 bits per heavy atom. The predicted molar refractivity (Wildman–Crippen MR) is 131 cm³/mol. The number of methoxy groups -OCH3 is 2. The molecule has 10 heteroatoms. The Hall–Kier alpha value is -3.63. The summed E-state index contributed by atoms with van der Waals surface area (Å²) in [6, 6.07) is 12.5. The van der Waals surface area contributed by atoms with Gasteiger partial charge < -0.3 is 19.5 Å². The molecule has 2 N–H and O–H groups in total. The third kappa shape index (κ3) is 5.55. The highest BCUT2D eigenvalue weighted by atomic mass is 16.5. The van der Waals surface area contributed by atoms with Gasteiger partial charge in [-0.3, -0.25) is 24.0 Å². The number of amides is 1. The number of hydrogen-bond donors (Lipinski definition) is 2. The molecule has 0 aliphatic carbocycles. The quantitative estimate of drug-likeness (QED) is 0.472. The van der Waals surface area contributed by atoms with Gasteiger partial charge in [0.1, 0.15) is 0 Å². The van der Waals surface area contributed by atoms with E-state index in [0.29, 0.717) is 42.2 Å². The molecule has 3 aromatic rings. The van der Waals surface area contributed by atoms with Crippen molar-refractivity contribution in [1.29, 1.82) is 0 Å². The van der Waals surface area contributed by atoms with Gasteiger partial charge in [-0.15, -0.1) is 0 Å². The molecule has 10 nitrogen and oxygen atoms in total. The van der Waals surface area contributed by atoms with E-state index in [2.05, 4.69) is 15.2 Å². The van der Waals surface area contributed by atoms with Gasteiger partial charge in [0, 0.05) is 32.6 Å². The predicted octanol–water partition coefficient (Wildman–Crippen LogP) is 1.29. The lowest BCUT2D eigenvalue weighted by molar-refractivity contribution is -0.121. The summed E-state index contributed by atoms with van der Waals surface area (Å²) in [5.74, 6) is 1.07. The number of carbonyl (C=O) groups excluding carboxylic acids is 1. The molecule has 0 saturated carbocycles. The molecule has 0 unspecified atom stereocenters. The van der Waals surface area contributed by atoms with Crippen LogP contribution in [0.1, 0.15) is 18.0 Å². The number of benzene rings is 2. The highest BCUT2D eigenvalue weighted by Crippen LogP contribution is 2.32. The summed E-state index contributed by atoms with van der Waals surface area (Å²) in [7, 11) is 3.18. The number of morpholine rings is 1. The van der Waals surface area contributed by atoms with Crippen LogP contribution in [0.5, 0.6) is 11.5 Å². The summed E-state index contributed by atoms with van der Waals surface area (Å²) >= 11 is 0. The first-order chi connectivity index (χ1) is 17.0. The average molecular weight is 483 g/mol. The molecule has 1 atom stereocenters. The fraction of sp³-hybridized carbons (Fsp3) is 0.400. The molecule has 1 amide bonds. The SMILES string of the molecule is COc1ccc([C@H](CNC(=O)CCn2c(=O)[nH]c(=O)c3ccccc32)N2CCOCC2)cc1OC. The van der Waals surface area contributed by atoms with Gasteiger partial charge in [0.15, 0.2) is 11.5 Å². The molecule has 1 aliphatic heterocycles. The molecule has 2 aromatic carbocycles. The van der Waals surface area contributed by atoms with Crippen molar-refractivity contribution in [3.63, 3.8) is 0 Å². The highest BCUT2D eigenvalue weighted by molar-refractivity contribution is 5.78. The minimum absolute atomic E-state index is 0.0840. The molecule has 35 heavy (non-hydrogen) atoms. The van der Waals surface area contributed by atoms with Crippen molar-refractivity contribution < 1.29 is 19.0 Å². The molecule has 0 radical (unpaired) electrons. The topological polar surface area (TPSA) is 115 Å². The van der Waals surface area contributed by atoms with E-state index in [4.69, 9.17) is 14.2 Å². The summed E-state index contributed by atoms with van der Waals surface area (Å²) < 4.78 is 17.8. The molecule has 1 aromatic heterocycles. The zero-order chi connectivity index (χ0) is 24.8. The van der Waals surface area contributed by atoms with E-state index < -0.39 is 11.2 Å². The number of hydrogen-bond acceptors (Lipinski definition) is 7. The number of para-hydroxylation sites is 1. The number of H-pyrrole nitrogens is 1. The molecule has 0 spiro atoms. The van der Waals surface area contributed by atoms with Crippen LogP contribution in [0.25, 0.3) is 10.9 Å². The number of aryl methyl sites for hydroxylation is 1. The summed E-state index contributed by atoms with van der Waals surface area (Å²) in [5.41, 5.74) is 0.533. The minimum Gasteiger partial charge on any atom is -0.493 e. The first-order valence-electron chi connectivity index (χ1n) is 11.5. The van der Waals surface area contributed by atoms with Crippen LogP contribution in [0, 0.1) is 0 Å². The second kappa shape index (κ2) is 11.2. The Kier molecular flexibility index (Phi) is 7.84. The summed E-state index contributed by atoms with van der Waals surface area (Å²) in [6.45, 7) is 3.28. The molecular weight excluding hydrogens is 452 g/mol. The van der Waals surface area contributed by atoms with Gasteiger partial charge in [0.05, 0.1) is 44.4 Å². The van der Waals surface area contributed by atoms with E-state index in [9.17, 15) is 14.4 Å². The molecule has 4 rings (SSSR count). The zero-order valence-electron chi connectivity index (χ0n) is 19.9. The van der Waals surface area contributed by atoms with Gasteiger partial charge in [-0.05, 0) is 29.8 Å². The number of aromatic nitrogens is 2. The fourth-order valence-corrected chi connectivity index (χ4v) is 4.38. The molecule has 1 fully saturated rings. The average Bonchev–Trinajstić information content (AvgIpc) is 2.89. The Balaban J connectivity index is 1.48. The van der Waals surface area contributed by atoms with Crippen molar-refractivity contribution in [3.05, 3.63) is 68.9 Å². The number of nitrogens with one attached hydrogen (secondary N) is 2. The first-order valence-corrected chi connectivity index (χ1v) is 11.5. The van der Waals surface area contributed by atoms with E-state index in [1.165, 1.54) is 4.57 Å². The van der Waals surface area contributed by atoms with Gasteiger partial charge in [0.2, 0.25) is 5.91 Å². The summed E-state index contributed by atoms with van der Waals surface area (Å²) in [5, 5.41) is 3.42.